The van der Waals surface area contributed by atoms with E-state index in [1.54, 1.807) is 0 Å². The minimum atomic E-state index is -2.32. The van der Waals surface area contributed by atoms with E-state index in [1.165, 1.54) is 6.20 Å². The Kier molecular flexibility index (Phi) is 3.64. The monoisotopic (exact) mass is 445 g/mol. The third-order valence-corrected chi connectivity index (χ3v) is 7.39. The molecule has 1 fully saturated rings. The fourth-order valence-corrected chi connectivity index (χ4v) is 5.69. The Morgan fingerprint density at radius 1 is 0.824 bits per heavy atom. The zero-order valence-electron chi connectivity index (χ0n) is 22.9. The van der Waals surface area contributed by atoms with Crippen LogP contribution in [-0.2, 0) is 0 Å². The van der Waals surface area contributed by atoms with Crippen LogP contribution in [0.2, 0.25) is 0 Å². The van der Waals surface area contributed by atoms with Crippen molar-refractivity contribution in [2.75, 3.05) is 0 Å². The summed E-state index contributed by atoms with van der Waals surface area (Å²) in [5.41, 5.74) is 3.78. The number of pyridine rings is 1. The largest absolute Gasteiger partial charge is 0.455 e. The first-order valence-corrected chi connectivity index (χ1v) is 12.1. The van der Waals surface area contributed by atoms with Gasteiger partial charge in [0.15, 0.2) is 0 Å². The van der Waals surface area contributed by atoms with E-state index in [-0.39, 0.29) is 5.56 Å². The SMILES string of the molecule is [2H]C([2H])([2H])c1cnc(-c2cccc3c2oc2c3ccc3ccc4ccccc4c32)cc1C1([2H])CCCCC1. The summed E-state index contributed by atoms with van der Waals surface area (Å²) in [6, 6.07) is 24.7. The number of para-hydroxylation sites is 1. The van der Waals surface area contributed by atoms with Gasteiger partial charge in [-0.3, -0.25) is 4.98 Å². The summed E-state index contributed by atoms with van der Waals surface area (Å²) in [5, 5.41) is 6.54. The van der Waals surface area contributed by atoms with E-state index in [2.05, 4.69) is 53.5 Å². The zero-order chi connectivity index (χ0) is 26.1. The highest BCUT2D eigenvalue weighted by atomic mass is 16.3. The van der Waals surface area contributed by atoms with Gasteiger partial charge < -0.3 is 4.42 Å². The average molecular weight is 446 g/mol. The zero-order valence-corrected chi connectivity index (χ0v) is 18.9. The van der Waals surface area contributed by atoms with Crippen LogP contribution >= 0.6 is 0 Å². The molecule has 4 aromatic carbocycles. The second-order valence-corrected chi connectivity index (χ2v) is 9.39. The van der Waals surface area contributed by atoms with E-state index in [1.807, 2.05) is 24.3 Å². The van der Waals surface area contributed by atoms with Gasteiger partial charge in [0, 0.05) is 33.4 Å². The second kappa shape index (κ2) is 7.70. The molecule has 2 heterocycles. The highest BCUT2D eigenvalue weighted by Gasteiger charge is 2.20. The van der Waals surface area contributed by atoms with Gasteiger partial charge >= 0.3 is 0 Å². The van der Waals surface area contributed by atoms with Gasteiger partial charge in [0.1, 0.15) is 11.2 Å². The summed E-state index contributed by atoms with van der Waals surface area (Å²) in [5.74, 6) is -0.920. The first kappa shape index (κ1) is 16.1. The Balaban J connectivity index is 1.50. The normalized spacial score (nSPS) is 18.1. The molecule has 6 aromatic rings. The van der Waals surface area contributed by atoms with E-state index in [0.717, 1.165) is 68.3 Å². The van der Waals surface area contributed by atoms with Crippen molar-refractivity contribution in [3.63, 3.8) is 0 Å². The predicted octanol–water partition coefficient (Wildman–Crippen LogP) is 9.31. The maximum atomic E-state index is 9.26. The molecule has 2 aromatic heterocycles. The fraction of sp³-hybridized carbons (Fsp3) is 0.219. The van der Waals surface area contributed by atoms with E-state index < -0.39 is 12.7 Å². The molecule has 166 valence electrons. The molecule has 0 bridgehead atoms. The maximum Gasteiger partial charge on any atom is 0.144 e. The first-order valence-electron chi connectivity index (χ1n) is 14.1. The Bertz CT molecular complexity index is 1860. The van der Waals surface area contributed by atoms with Crippen LogP contribution in [0.3, 0.4) is 0 Å². The van der Waals surface area contributed by atoms with Crippen LogP contribution in [0.4, 0.5) is 0 Å². The number of hydrogen-bond donors (Lipinski definition) is 0. The number of hydrogen-bond acceptors (Lipinski definition) is 2. The maximum absolute atomic E-state index is 9.26. The molecule has 34 heavy (non-hydrogen) atoms. The van der Waals surface area contributed by atoms with Crippen LogP contribution in [0.1, 0.15) is 54.6 Å². The molecule has 2 nitrogen and oxygen atoms in total. The van der Waals surface area contributed by atoms with Gasteiger partial charge in [0.2, 0.25) is 0 Å². The van der Waals surface area contributed by atoms with Crippen LogP contribution in [0.25, 0.3) is 54.7 Å². The second-order valence-electron chi connectivity index (χ2n) is 9.39. The van der Waals surface area contributed by atoms with Crippen LogP contribution in [0.15, 0.2) is 83.4 Å². The molecule has 0 radical (unpaired) electrons. The van der Waals surface area contributed by atoms with Crippen molar-refractivity contribution in [3.05, 3.63) is 90.1 Å². The molecule has 7 rings (SSSR count). The number of aryl methyl sites for hydroxylation is 1. The lowest BCUT2D eigenvalue weighted by atomic mass is 9.82. The molecular formula is C32H27NO. The van der Waals surface area contributed by atoms with Gasteiger partial charge in [-0.1, -0.05) is 73.9 Å². The molecule has 0 unspecified atom stereocenters. The summed E-state index contributed by atoms with van der Waals surface area (Å²) in [6.45, 7) is -2.32. The molecule has 0 aliphatic heterocycles. The molecule has 2 heteroatoms. The lowest BCUT2D eigenvalue weighted by Gasteiger charge is -2.24. The highest BCUT2D eigenvalue weighted by Crippen LogP contribution is 2.41. The number of furan rings is 1. The van der Waals surface area contributed by atoms with E-state index >= 15 is 0 Å². The molecule has 1 saturated carbocycles. The third kappa shape index (κ3) is 2.98. The number of rotatable bonds is 2. The Hall–Kier alpha value is -3.65. The van der Waals surface area contributed by atoms with Gasteiger partial charge in [0.25, 0.3) is 0 Å². The van der Waals surface area contributed by atoms with Crippen LogP contribution < -0.4 is 0 Å². The van der Waals surface area contributed by atoms with Gasteiger partial charge in [0.05, 0.1) is 5.69 Å². The van der Waals surface area contributed by atoms with Crippen LogP contribution in [0.5, 0.6) is 0 Å². The van der Waals surface area contributed by atoms with E-state index in [0.29, 0.717) is 24.1 Å². The minimum Gasteiger partial charge on any atom is -0.455 e. The molecule has 0 amide bonds. The van der Waals surface area contributed by atoms with Crippen LogP contribution in [0, 0.1) is 6.85 Å². The molecule has 1 aliphatic rings. The van der Waals surface area contributed by atoms with Crippen molar-refractivity contribution < 1.29 is 9.90 Å². The van der Waals surface area contributed by atoms with Crippen molar-refractivity contribution >= 4 is 43.5 Å². The molecule has 1 aliphatic carbocycles. The number of aromatic nitrogens is 1. The fourth-order valence-electron chi connectivity index (χ4n) is 5.69. The van der Waals surface area contributed by atoms with Crippen molar-refractivity contribution in [1.29, 1.82) is 0 Å². The molecule has 0 atom stereocenters. The summed E-state index contributed by atoms with van der Waals surface area (Å²) in [7, 11) is 0. The lowest BCUT2D eigenvalue weighted by Crippen LogP contribution is -2.07. The van der Waals surface area contributed by atoms with Crippen molar-refractivity contribution in [2.45, 2.75) is 44.8 Å². The Labute approximate surface area is 204 Å². The quantitative estimate of drug-likeness (QED) is 0.248. The van der Waals surface area contributed by atoms with Crippen molar-refractivity contribution in [2.24, 2.45) is 0 Å². The summed E-state index contributed by atoms with van der Waals surface area (Å²) >= 11 is 0. The van der Waals surface area contributed by atoms with Gasteiger partial charge in [-0.2, -0.15) is 0 Å². The van der Waals surface area contributed by atoms with E-state index in [4.69, 9.17) is 8.53 Å². The Morgan fingerprint density at radius 3 is 2.53 bits per heavy atom. The lowest BCUT2D eigenvalue weighted by molar-refractivity contribution is 0.442. The summed E-state index contributed by atoms with van der Waals surface area (Å²) in [6.07, 6.45) is 5.74. The number of benzene rings is 4. The van der Waals surface area contributed by atoms with Crippen molar-refractivity contribution in [1.82, 2.24) is 4.98 Å². The highest BCUT2D eigenvalue weighted by molar-refractivity contribution is 6.23. The minimum absolute atomic E-state index is 0.187. The molecule has 0 N–H and O–H groups in total. The number of fused-ring (bicyclic) bond motifs is 7. The average Bonchev–Trinajstić information content (AvgIpc) is 3.31. The smallest absolute Gasteiger partial charge is 0.144 e. The molecular weight excluding hydrogens is 414 g/mol. The van der Waals surface area contributed by atoms with Crippen LogP contribution in [-0.4, -0.2) is 4.98 Å². The molecule has 0 spiro atoms. The van der Waals surface area contributed by atoms with Gasteiger partial charge in [-0.25, -0.2) is 0 Å². The standard InChI is InChI=1S/C32H27NO/c1-20-19-33-29(18-28(20)21-8-3-2-4-9-21)27-13-7-12-25-26-17-16-23-15-14-22-10-5-6-11-24(22)30(23)32(26)34-31(25)27/h5-7,10-19,21H,2-4,8-9H2,1H3/i1D3,21D. The topological polar surface area (TPSA) is 26.0 Å². The van der Waals surface area contributed by atoms with E-state index in [9.17, 15) is 1.37 Å². The summed E-state index contributed by atoms with van der Waals surface area (Å²) < 4.78 is 40.3. The Morgan fingerprint density at radius 2 is 1.62 bits per heavy atom. The predicted molar refractivity (Wildman–Crippen MR) is 143 cm³/mol. The van der Waals surface area contributed by atoms with Crippen molar-refractivity contribution in [3.8, 4) is 11.3 Å². The summed E-state index contributed by atoms with van der Waals surface area (Å²) in [4.78, 5) is 4.63. The molecule has 0 saturated heterocycles. The van der Waals surface area contributed by atoms with Gasteiger partial charge in [-0.15, -0.1) is 0 Å². The number of nitrogens with zero attached hydrogens (tertiary/aromatic N) is 1. The third-order valence-electron chi connectivity index (χ3n) is 7.39. The van der Waals surface area contributed by atoms with Gasteiger partial charge in [-0.05, 0) is 71.1 Å². The first-order chi connectivity index (χ1) is 18.3.